The van der Waals surface area contributed by atoms with Gasteiger partial charge in [0.2, 0.25) is 0 Å². The first-order valence-corrected chi connectivity index (χ1v) is 8.97. The average molecular weight is 383 g/mol. The molecule has 0 bridgehead atoms. The quantitative estimate of drug-likeness (QED) is 0.581. The van der Waals surface area contributed by atoms with Gasteiger partial charge in [0.1, 0.15) is 11.9 Å². The summed E-state index contributed by atoms with van der Waals surface area (Å²) in [5.41, 5.74) is 2.85. The summed E-state index contributed by atoms with van der Waals surface area (Å²) < 4.78 is 10.0. The molecule has 0 heterocycles. The van der Waals surface area contributed by atoms with E-state index in [9.17, 15) is 14.4 Å². The summed E-state index contributed by atoms with van der Waals surface area (Å²) in [7, 11) is 1.35. The van der Waals surface area contributed by atoms with E-state index >= 15 is 0 Å². The van der Waals surface area contributed by atoms with Gasteiger partial charge in [-0.15, -0.1) is 0 Å². The number of esters is 1. The van der Waals surface area contributed by atoms with Gasteiger partial charge in [-0.05, 0) is 50.5 Å². The number of aryl methyl sites for hydroxylation is 1. The molecular formula is C22H25NO5. The molecule has 1 N–H and O–H groups in total. The molecule has 2 aromatic carbocycles. The third kappa shape index (κ3) is 6.23. The van der Waals surface area contributed by atoms with Crippen LogP contribution in [0.1, 0.15) is 43.1 Å². The molecule has 6 heteroatoms. The lowest BCUT2D eigenvalue weighted by molar-refractivity contribution is -0.140. The van der Waals surface area contributed by atoms with Crippen molar-refractivity contribution in [2.75, 3.05) is 12.4 Å². The highest BCUT2D eigenvalue weighted by Crippen LogP contribution is 2.30. The van der Waals surface area contributed by atoms with Crippen molar-refractivity contribution in [1.82, 2.24) is 0 Å². The summed E-state index contributed by atoms with van der Waals surface area (Å²) in [5, 5.41) is 2.78. The zero-order valence-electron chi connectivity index (χ0n) is 16.6. The number of anilines is 1. The second-order valence-corrected chi connectivity index (χ2v) is 7.33. The Hall–Kier alpha value is -3.15. The van der Waals surface area contributed by atoms with E-state index in [0.717, 1.165) is 23.0 Å². The predicted molar refractivity (Wildman–Crippen MR) is 107 cm³/mol. The number of nitrogens with one attached hydrogen (secondary N) is 1. The summed E-state index contributed by atoms with van der Waals surface area (Å²) in [6.07, 6.45) is 0.910. The maximum atomic E-state index is 12.3. The first-order chi connectivity index (χ1) is 13.2. The third-order valence-electron chi connectivity index (χ3n) is 3.90. The fourth-order valence-corrected chi connectivity index (χ4v) is 2.64. The van der Waals surface area contributed by atoms with Gasteiger partial charge in [0.05, 0.1) is 12.8 Å². The van der Waals surface area contributed by atoms with Crippen molar-refractivity contribution in [2.24, 2.45) is 0 Å². The Bertz CT molecular complexity index is 867. The number of amides is 1. The molecule has 0 spiro atoms. The van der Waals surface area contributed by atoms with Crippen molar-refractivity contribution in [1.29, 1.82) is 0 Å². The minimum absolute atomic E-state index is 0.238. The first-order valence-electron chi connectivity index (χ1n) is 8.97. The smallest absolute Gasteiger partial charge is 0.412 e. The van der Waals surface area contributed by atoms with Crippen molar-refractivity contribution in [2.45, 2.75) is 39.2 Å². The van der Waals surface area contributed by atoms with Gasteiger partial charge in [0, 0.05) is 17.5 Å². The van der Waals surface area contributed by atoms with Crippen molar-refractivity contribution in [3.8, 4) is 11.1 Å². The van der Waals surface area contributed by atoms with E-state index in [1.54, 1.807) is 45.0 Å². The predicted octanol–water partition coefficient (Wildman–Crippen LogP) is 4.62. The molecule has 2 aromatic rings. The van der Waals surface area contributed by atoms with Crippen LogP contribution in [0, 0.1) is 0 Å². The summed E-state index contributed by atoms with van der Waals surface area (Å²) in [6.45, 7) is 5.36. The lowest BCUT2D eigenvalue weighted by Gasteiger charge is -2.21. The van der Waals surface area contributed by atoms with Crippen LogP contribution in [0.15, 0.2) is 42.5 Å². The number of hydrogen-bond acceptors (Lipinski definition) is 5. The minimum atomic E-state index is -0.635. The van der Waals surface area contributed by atoms with E-state index in [4.69, 9.17) is 4.74 Å². The van der Waals surface area contributed by atoms with Crippen LogP contribution in [-0.2, 0) is 20.7 Å². The molecule has 0 saturated heterocycles. The molecule has 0 saturated carbocycles. The van der Waals surface area contributed by atoms with Gasteiger partial charge in [-0.3, -0.25) is 14.9 Å². The fraction of sp³-hybridized carbons (Fsp3) is 0.318. The van der Waals surface area contributed by atoms with Crippen LogP contribution in [0.25, 0.3) is 11.1 Å². The van der Waals surface area contributed by atoms with Crippen LogP contribution in [0.2, 0.25) is 0 Å². The van der Waals surface area contributed by atoms with E-state index in [-0.39, 0.29) is 12.4 Å². The Balaban J connectivity index is 2.37. The SMILES string of the molecule is COC(=O)CCc1ccc(-c2cccc(C=O)c2)c(NC(=O)OC(C)(C)C)c1. The maximum absolute atomic E-state index is 12.3. The molecule has 148 valence electrons. The number of carbonyl (C=O) groups excluding carboxylic acids is 3. The number of rotatable bonds is 6. The highest BCUT2D eigenvalue weighted by Gasteiger charge is 2.18. The van der Waals surface area contributed by atoms with Gasteiger partial charge in [-0.25, -0.2) is 4.79 Å². The third-order valence-corrected chi connectivity index (χ3v) is 3.90. The van der Waals surface area contributed by atoms with Crippen LogP contribution in [0.4, 0.5) is 10.5 Å². The van der Waals surface area contributed by atoms with Crippen LogP contribution >= 0.6 is 0 Å². The Morgan fingerprint density at radius 2 is 1.86 bits per heavy atom. The summed E-state index contributed by atoms with van der Waals surface area (Å²) in [5.74, 6) is -0.301. The van der Waals surface area contributed by atoms with Gasteiger partial charge < -0.3 is 9.47 Å². The fourth-order valence-electron chi connectivity index (χ4n) is 2.64. The number of ether oxygens (including phenoxy) is 2. The maximum Gasteiger partial charge on any atom is 0.412 e. The molecule has 0 unspecified atom stereocenters. The largest absolute Gasteiger partial charge is 0.469 e. The number of aldehydes is 1. The van der Waals surface area contributed by atoms with Crippen LogP contribution in [0.5, 0.6) is 0 Å². The van der Waals surface area contributed by atoms with E-state index in [0.29, 0.717) is 17.7 Å². The Morgan fingerprint density at radius 1 is 1.11 bits per heavy atom. The molecule has 0 fully saturated rings. The number of hydrogen-bond donors (Lipinski definition) is 1. The zero-order valence-corrected chi connectivity index (χ0v) is 16.6. The molecule has 1 amide bonds. The van der Waals surface area contributed by atoms with E-state index in [2.05, 4.69) is 10.1 Å². The van der Waals surface area contributed by atoms with Crippen molar-refractivity contribution < 1.29 is 23.9 Å². The van der Waals surface area contributed by atoms with E-state index < -0.39 is 11.7 Å². The normalized spacial score (nSPS) is 10.9. The van der Waals surface area contributed by atoms with Crippen molar-refractivity contribution in [3.63, 3.8) is 0 Å². The Kier molecular flexibility index (Phi) is 6.93. The summed E-state index contributed by atoms with van der Waals surface area (Å²) in [4.78, 5) is 34.8. The topological polar surface area (TPSA) is 81.7 Å². The Labute approximate surface area is 164 Å². The van der Waals surface area contributed by atoms with Gasteiger partial charge in [0.25, 0.3) is 0 Å². The van der Waals surface area contributed by atoms with E-state index in [1.165, 1.54) is 7.11 Å². The lowest BCUT2D eigenvalue weighted by Crippen LogP contribution is -2.27. The van der Waals surface area contributed by atoms with Crippen LogP contribution in [-0.4, -0.2) is 31.1 Å². The Morgan fingerprint density at radius 3 is 2.50 bits per heavy atom. The molecular weight excluding hydrogens is 358 g/mol. The van der Waals surface area contributed by atoms with Crippen LogP contribution < -0.4 is 5.32 Å². The minimum Gasteiger partial charge on any atom is -0.469 e. The first kappa shape index (κ1) is 21.2. The molecule has 2 rings (SSSR count). The molecule has 0 aliphatic heterocycles. The number of methoxy groups -OCH3 is 1. The highest BCUT2D eigenvalue weighted by molar-refractivity contribution is 5.92. The monoisotopic (exact) mass is 383 g/mol. The molecule has 28 heavy (non-hydrogen) atoms. The van der Waals surface area contributed by atoms with E-state index in [1.807, 2.05) is 18.2 Å². The van der Waals surface area contributed by atoms with Gasteiger partial charge >= 0.3 is 12.1 Å². The summed E-state index contributed by atoms with van der Waals surface area (Å²) in [6, 6.07) is 12.6. The highest BCUT2D eigenvalue weighted by atomic mass is 16.6. The van der Waals surface area contributed by atoms with Gasteiger partial charge in [0.15, 0.2) is 0 Å². The second-order valence-electron chi connectivity index (χ2n) is 7.33. The van der Waals surface area contributed by atoms with Crippen LogP contribution in [0.3, 0.4) is 0 Å². The average Bonchev–Trinajstić information content (AvgIpc) is 2.64. The number of carbonyl (C=O) groups is 3. The van der Waals surface area contributed by atoms with Crippen molar-refractivity contribution in [3.05, 3.63) is 53.6 Å². The standard InChI is InChI=1S/C22H25NO5/c1-22(2,3)28-21(26)23-19-13-15(9-11-20(25)27-4)8-10-18(19)17-7-5-6-16(12-17)14-24/h5-8,10,12-14H,9,11H2,1-4H3,(H,23,26). The van der Waals surface area contributed by atoms with Gasteiger partial charge in [-0.2, -0.15) is 0 Å². The molecule has 6 nitrogen and oxygen atoms in total. The molecule has 0 aliphatic carbocycles. The molecule has 0 radical (unpaired) electrons. The molecule has 0 aliphatic rings. The zero-order chi connectivity index (χ0) is 20.7. The molecule has 0 atom stereocenters. The van der Waals surface area contributed by atoms with Gasteiger partial charge in [-0.1, -0.05) is 30.3 Å². The van der Waals surface area contributed by atoms with Crippen molar-refractivity contribution >= 4 is 24.0 Å². The lowest BCUT2D eigenvalue weighted by atomic mass is 9.98. The second kappa shape index (κ2) is 9.17. The molecule has 0 aromatic heterocycles. The number of benzene rings is 2. The summed E-state index contributed by atoms with van der Waals surface area (Å²) >= 11 is 0.